The first-order valence-electron chi connectivity index (χ1n) is 7.18. The molecule has 0 spiro atoms. The number of amides is 2. The van der Waals surface area contributed by atoms with Gasteiger partial charge in [-0.25, -0.2) is 23.7 Å². The Morgan fingerprint density at radius 3 is 2.88 bits per heavy atom. The second-order valence-electron chi connectivity index (χ2n) is 5.20. The van der Waals surface area contributed by atoms with Crippen LogP contribution in [0.2, 0.25) is 0 Å². The highest BCUT2D eigenvalue weighted by Gasteiger charge is 2.16. The van der Waals surface area contributed by atoms with E-state index in [-0.39, 0.29) is 28.8 Å². The number of hydrogen-bond acceptors (Lipinski definition) is 6. The molecule has 1 N–H and O–H groups in total. The monoisotopic (exact) mass is 378 g/mol. The first kappa shape index (κ1) is 17.6. The van der Waals surface area contributed by atoms with Crippen molar-refractivity contribution in [3.05, 3.63) is 30.1 Å². The van der Waals surface area contributed by atoms with Crippen molar-refractivity contribution < 1.29 is 18.4 Å². The highest BCUT2D eigenvalue weighted by atomic mass is 32.1. The number of thiazole rings is 1. The van der Waals surface area contributed by atoms with E-state index >= 15 is 0 Å². The maximum absolute atomic E-state index is 13.2. The Bertz CT molecular complexity index is 976. The SMILES string of the molecule is C=Nc1c(N(C)C=O)ncn1CC(=O)Nc1nc2cc(F)c(F)cc2s1. The van der Waals surface area contributed by atoms with Gasteiger partial charge in [0.25, 0.3) is 0 Å². The average molecular weight is 378 g/mol. The molecule has 2 aromatic heterocycles. The Morgan fingerprint density at radius 2 is 2.19 bits per heavy atom. The van der Waals surface area contributed by atoms with Gasteiger partial charge in [-0.15, -0.1) is 0 Å². The second kappa shape index (κ2) is 6.96. The quantitative estimate of drug-likeness (QED) is 0.526. The van der Waals surface area contributed by atoms with Crippen LogP contribution in [0.1, 0.15) is 0 Å². The Hall–Kier alpha value is -3.21. The van der Waals surface area contributed by atoms with E-state index in [0.29, 0.717) is 11.1 Å². The molecule has 0 atom stereocenters. The van der Waals surface area contributed by atoms with Gasteiger partial charge in [-0.2, -0.15) is 0 Å². The van der Waals surface area contributed by atoms with Crippen LogP contribution in [0.25, 0.3) is 10.2 Å². The molecular formula is C15H12F2N6O2S. The molecule has 3 aromatic rings. The molecule has 0 fully saturated rings. The van der Waals surface area contributed by atoms with Gasteiger partial charge in [-0.3, -0.25) is 14.5 Å². The standard InChI is InChI=1S/C15H12F2N6O2S/c1-18-13-14(22(2)7-24)19-6-23(13)5-12(25)21-15-20-10-3-8(16)9(17)4-11(10)26-15/h3-4,6-7H,1,5H2,2H3,(H,20,21,25). The third-order valence-corrected chi connectivity index (χ3v) is 4.36. The van der Waals surface area contributed by atoms with E-state index in [9.17, 15) is 18.4 Å². The summed E-state index contributed by atoms with van der Waals surface area (Å²) in [6.45, 7) is 3.25. The molecule has 26 heavy (non-hydrogen) atoms. The van der Waals surface area contributed by atoms with E-state index in [2.05, 4.69) is 27.0 Å². The molecule has 0 aliphatic rings. The summed E-state index contributed by atoms with van der Waals surface area (Å²) in [6.07, 6.45) is 1.91. The van der Waals surface area contributed by atoms with Crippen LogP contribution in [-0.2, 0) is 16.1 Å². The number of nitrogens with one attached hydrogen (secondary N) is 1. The lowest BCUT2D eigenvalue weighted by molar-refractivity contribution is -0.116. The molecule has 3 rings (SSSR count). The molecule has 0 aliphatic heterocycles. The van der Waals surface area contributed by atoms with Gasteiger partial charge in [0.15, 0.2) is 28.4 Å². The van der Waals surface area contributed by atoms with E-state index in [4.69, 9.17) is 0 Å². The lowest BCUT2D eigenvalue weighted by atomic mass is 10.3. The normalized spacial score (nSPS) is 10.7. The van der Waals surface area contributed by atoms with E-state index in [1.54, 1.807) is 0 Å². The first-order chi connectivity index (χ1) is 12.4. The number of aromatic nitrogens is 3. The fraction of sp³-hybridized carbons (Fsp3) is 0.133. The largest absolute Gasteiger partial charge is 0.304 e. The zero-order chi connectivity index (χ0) is 18.8. The first-order valence-corrected chi connectivity index (χ1v) is 8.00. The number of benzene rings is 1. The van der Waals surface area contributed by atoms with Crippen LogP contribution in [0.5, 0.6) is 0 Å². The third-order valence-electron chi connectivity index (χ3n) is 3.42. The number of rotatable bonds is 6. The Kier molecular flexibility index (Phi) is 4.71. The van der Waals surface area contributed by atoms with Crippen LogP contribution in [-0.4, -0.2) is 40.6 Å². The molecular weight excluding hydrogens is 366 g/mol. The lowest BCUT2D eigenvalue weighted by Gasteiger charge is -2.09. The van der Waals surface area contributed by atoms with Crippen LogP contribution in [0.4, 0.5) is 25.5 Å². The minimum absolute atomic E-state index is 0.160. The number of hydrogen-bond donors (Lipinski definition) is 1. The van der Waals surface area contributed by atoms with E-state index in [1.165, 1.54) is 22.8 Å². The minimum atomic E-state index is -1.01. The van der Waals surface area contributed by atoms with Crippen molar-refractivity contribution in [2.24, 2.45) is 4.99 Å². The van der Waals surface area contributed by atoms with Gasteiger partial charge in [-0.1, -0.05) is 11.3 Å². The van der Waals surface area contributed by atoms with Crippen molar-refractivity contribution >= 4 is 57.4 Å². The molecule has 0 saturated carbocycles. The summed E-state index contributed by atoms with van der Waals surface area (Å²) < 4.78 is 28.3. The van der Waals surface area contributed by atoms with Gasteiger partial charge in [0.2, 0.25) is 12.3 Å². The molecule has 2 amide bonds. The zero-order valence-corrected chi connectivity index (χ0v) is 14.3. The number of anilines is 2. The summed E-state index contributed by atoms with van der Waals surface area (Å²) in [4.78, 5) is 36.1. The number of carbonyl (C=O) groups is 2. The molecule has 0 saturated heterocycles. The molecule has 134 valence electrons. The van der Waals surface area contributed by atoms with Crippen molar-refractivity contribution in [2.45, 2.75) is 6.54 Å². The number of nitrogens with zero attached hydrogens (tertiary/aromatic N) is 5. The van der Waals surface area contributed by atoms with Crippen LogP contribution >= 0.6 is 11.3 Å². The van der Waals surface area contributed by atoms with Crippen molar-refractivity contribution in [2.75, 3.05) is 17.3 Å². The predicted molar refractivity (Wildman–Crippen MR) is 94.1 cm³/mol. The van der Waals surface area contributed by atoms with Gasteiger partial charge in [0.05, 0.1) is 16.5 Å². The fourth-order valence-electron chi connectivity index (χ4n) is 2.23. The zero-order valence-electron chi connectivity index (χ0n) is 13.4. The van der Waals surface area contributed by atoms with Crippen molar-refractivity contribution in [1.29, 1.82) is 0 Å². The van der Waals surface area contributed by atoms with Gasteiger partial charge >= 0.3 is 0 Å². The fourth-order valence-corrected chi connectivity index (χ4v) is 3.12. The highest BCUT2D eigenvalue weighted by molar-refractivity contribution is 7.22. The molecule has 1 aromatic carbocycles. The topological polar surface area (TPSA) is 92.5 Å². The number of imidazole rings is 1. The van der Waals surface area contributed by atoms with Gasteiger partial charge in [0, 0.05) is 13.1 Å². The lowest BCUT2D eigenvalue weighted by Crippen LogP contribution is -2.18. The minimum Gasteiger partial charge on any atom is -0.304 e. The summed E-state index contributed by atoms with van der Waals surface area (Å²) >= 11 is 1.02. The van der Waals surface area contributed by atoms with Crippen molar-refractivity contribution in [3.8, 4) is 0 Å². The molecule has 0 radical (unpaired) electrons. The summed E-state index contributed by atoms with van der Waals surface area (Å²) in [5.41, 5.74) is 0.246. The van der Waals surface area contributed by atoms with Gasteiger partial charge in [0.1, 0.15) is 6.54 Å². The number of carbonyl (C=O) groups excluding carboxylic acids is 2. The van der Waals surface area contributed by atoms with E-state index < -0.39 is 17.5 Å². The molecule has 0 unspecified atom stereocenters. The molecule has 8 nitrogen and oxygen atoms in total. The smallest absolute Gasteiger partial charge is 0.246 e. The Morgan fingerprint density at radius 1 is 1.46 bits per heavy atom. The summed E-state index contributed by atoms with van der Waals surface area (Å²) in [6, 6.07) is 1.99. The summed E-state index contributed by atoms with van der Waals surface area (Å²) in [5, 5.41) is 2.75. The number of aliphatic imine (C=N–C) groups is 1. The molecule has 11 heteroatoms. The number of fused-ring (bicyclic) bond motifs is 1. The summed E-state index contributed by atoms with van der Waals surface area (Å²) in [5.74, 6) is -1.93. The Labute approximate surface area is 149 Å². The van der Waals surface area contributed by atoms with Gasteiger partial charge in [-0.05, 0) is 12.8 Å². The van der Waals surface area contributed by atoms with Crippen LogP contribution in [0.3, 0.4) is 0 Å². The van der Waals surface area contributed by atoms with Crippen molar-refractivity contribution in [1.82, 2.24) is 14.5 Å². The Balaban J connectivity index is 1.78. The highest BCUT2D eigenvalue weighted by Crippen LogP contribution is 2.28. The predicted octanol–water partition coefficient (Wildman–Crippen LogP) is 2.33. The maximum atomic E-state index is 13.2. The molecule has 0 bridgehead atoms. The molecule has 2 heterocycles. The maximum Gasteiger partial charge on any atom is 0.246 e. The average Bonchev–Trinajstić information content (AvgIpc) is 3.17. The summed E-state index contributed by atoms with van der Waals surface area (Å²) in [7, 11) is 1.49. The third kappa shape index (κ3) is 3.28. The van der Waals surface area contributed by atoms with Gasteiger partial charge < -0.3 is 9.88 Å². The number of halogens is 2. The van der Waals surface area contributed by atoms with E-state index in [1.807, 2.05) is 0 Å². The van der Waals surface area contributed by atoms with Crippen LogP contribution in [0.15, 0.2) is 23.5 Å². The molecule has 0 aliphatic carbocycles. The van der Waals surface area contributed by atoms with Crippen LogP contribution in [0, 0.1) is 11.6 Å². The second-order valence-corrected chi connectivity index (χ2v) is 6.23. The van der Waals surface area contributed by atoms with E-state index in [0.717, 1.165) is 23.5 Å². The van der Waals surface area contributed by atoms with Crippen LogP contribution < -0.4 is 10.2 Å². The van der Waals surface area contributed by atoms with Crippen molar-refractivity contribution in [3.63, 3.8) is 0 Å².